The lowest BCUT2D eigenvalue weighted by molar-refractivity contribution is -0.122. The molecule has 19 heavy (non-hydrogen) atoms. The van der Waals surface area contributed by atoms with Crippen LogP contribution in [0.2, 0.25) is 0 Å². The van der Waals surface area contributed by atoms with E-state index in [2.05, 4.69) is 5.32 Å². The Kier molecular flexibility index (Phi) is 6.48. The molecular weight excluding hydrogens is 288 g/mol. The third kappa shape index (κ3) is 5.18. The zero-order valence-corrected chi connectivity index (χ0v) is 12.7. The molecule has 0 aromatic heterocycles. The van der Waals surface area contributed by atoms with E-state index < -0.39 is 15.9 Å². The summed E-state index contributed by atoms with van der Waals surface area (Å²) in [5, 5.41) is 2.74. The Morgan fingerprint density at radius 3 is 2.05 bits per heavy atom. The Bertz CT molecular complexity index is 526. The summed E-state index contributed by atoms with van der Waals surface area (Å²) >= 11 is 0. The van der Waals surface area contributed by atoms with E-state index in [0.717, 1.165) is 11.8 Å². The molecule has 3 N–H and O–H groups in total. The predicted molar refractivity (Wildman–Crippen MR) is 77.0 cm³/mol. The van der Waals surface area contributed by atoms with Gasteiger partial charge in [-0.15, -0.1) is 12.4 Å². The molecule has 0 aliphatic heterocycles. The van der Waals surface area contributed by atoms with E-state index >= 15 is 0 Å². The van der Waals surface area contributed by atoms with Crippen LogP contribution in [0.3, 0.4) is 0 Å². The number of sulfone groups is 1. The van der Waals surface area contributed by atoms with E-state index in [0.29, 0.717) is 0 Å². The molecule has 1 rings (SSSR count). The van der Waals surface area contributed by atoms with Crippen LogP contribution in [0.15, 0.2) is 29.2 Å². The van der Waals surface area contributed by atoms with Crippen LogP contribution in [0.25, 0.3) is 0 Å². The summed E-state index contributed by atoms with van der Waals surface area (Å²) in [5.41, 5.74) is 6.28. The largest absolute Gasteiger partial charge is 0.348 e. The first-order chi connectivity index (χ1) is 8.21. The first-order valence-electron chi connectivity index (χ1n) is 5.58. The van der Waals surface area contributed by atoms with Crippen LogP contribution in [0.4, 0.5) is 0 Å². The number of carbonyl (C=O) groups excluding carboxylic acids is 1. The predicted octanol–water partition coefficient (Wildman–Crippen LogP) is 1.04. The van der Waals surface area contributed by atoms with Crippen molar-refractivity contribution in [1.29, 1.82) is 0 Å². The minimum absolute atomic E-state index is 0. The fourth-order valence-corrected chi connectivity index (χ4v) is 2.06. The molecule has 1 amide bonds. The van der Waals surface area contributed by atoms with E-state index in [4.69, 9.17) is 5.73 Å². The van der Waals surface area contributed by atoms with Crippen molar-refractivity contribution in [3.05, 3.63) is 29.8 Å². The number of rotatable bonds is 4. The summed E-state index contributed by atoms with van der Waals surface area (Å²) in [7, 11) is -3.19. The van der Waals surface area contributed by atoms with Crippen LogP contribution in [0.5, 0.6) is 0 Å². The topological polar surface area (TPSA) is 89.3 Å². The van der Waals surface area contributed by atoms with Crippen LogP contribution < -0.4 is 11.1 Å². The maximum Gasteiger partial charge on any atom is 0.237 e. The molecule has 5 nitrogen and oxygen atoms in total. The normalized spacial score (nSPS) is 14.1. The van der Waals surface area contributed by atoms with Crippen molar-refractivity contribution in [3.8, 4) is 0 Å². The molecule has 108 valence electrons. The van der Waals surface area contributed by atoms with E-state index in [-0.39, 0.29) is 29.3 Å². The van der Waals surface area contributed by atoms with E-state index in [9.17, 15) is 13.2 Å². The zero-order chi connectivity index (χ0) is 13.9. The number of halogens is 1. The third-order valence-electron chi connectivity index (χ3n) is 2.58. The second-order valence-electron chi connectivity index (χ2n) is 4.36. The Balaban J connectivity index is 0.00000324. The van der Waals surface area contributed by atoms with Gasteiger partial charge in [-0.3, -0.25) is 4.79 Å². The number of hydrogen-bond donors (Lipinski definition) is 2. The van der Waals surface area contributed by atoms with E-state index in [1.807, 2.05) is 6.92 Å². The lowest BCUT2D eigenvalue weighted by Gasteiger charge is -2.16. The van der Waals surface area contributed by atoms with Crippen LogP contribution in [-0.4, -0.2) is 26.6 Å². The van der Waals surface area contributed by atoms with Crippen LogP contribution in [-0.2, 0) is 14.6 Å². The Morgan fingerprint density at radius 2 is 1.68 bits per heavy atom. The summed E-state index contributed by atoms with van der Waals surface area (Å²) in [6, 6.07) is 5.64. The quantitative estimate of drug-likeness (QED) is 0.869. The lowest BCUT2D eigenvalue weighted by Crippen LogP contribution is -2.39. The van der Waals surface area contributed by atoms with Gasteiger partial charge in [0.25, 0.3) is 0 Å². The van der Waals surface area contributed by atoms with Crippen LogP contribution >= 0.6 is 12.4 Å². The number of benzene rings is 1. The minimum Gasteiger partial charge on any atom is -0.348 e. The first kappa shape index (κ1) is 17.9. The Morgan fingerprint density at radius 1 is 1.21 bits per heavy atom. The maximum atomic E-state index is 11.4. The van der Waals surface area contributed by atoms with Gasteiger partial charge in [0.2, 0.25) is 5.91 Å². The summed E-state index contributed by atoms with van der Waals surface area (Å²) in [6.45, 7) is 3.42. The molecule has 0 heterocycles. The molecule has 0 saturated carbocycles. The molecule has 0 aliphatic rings. The average Bonchev–Trinajstić information content (AvgIpc) is 2.27. The lowest BCUT2D eigenvalue weighted by atomic mass is 10.1. The highest BCUT2D eigenvalue weighted by molar-refractivity contribution is 7.90. The molecule has 2 atom stereocenters. The first-order valence-corrected chi connectivity index (χ1v) is 7.47. The van der Waals surface area contributed by atoms with Crippen molar-refractivity contribution < 1.29 is 13.2 Å². The molecule has 0 aliphatic carbocycles. The van der Waals surface area contributed by atoms with Crippen molar-refractivity contribution in [2.75, 3.05) is 6.26 Å². The number of amides is 1. The smallest absolute Gasteiger partial charge is 0.237 e. The average molecular weight is 307 g/mol. The molecule has 0 bridgehead atoms. The van der Waals surface area contributed by atoms with Crippen molar-refractivity contribution in [2.24, 2.45) is 5.73 Å². The highest BCUT2D eigenvalue weighted by Crippen LogP contribution is 2.16. The highest BCUT2D eigenvalue weighted by atomic mass is 35.5. The van der Waals surface area contributed by atoms with Gasteiger partial charge in [0.05, 0.1) is 17.0 Å². The summed E-state index contributed by atoms with van der Waals surface area (Å²) < 4.78 is 22.6. The number of hydrogen-bond acceptors (Lipinski definition) is 4. The molecule has 7 heteroatoms. The van der Waals surface area contributed by atoms with Gasteiger partial charge in [0.15, 0.2) is 9.84 Å². The van der Waals surface area contributed by atoms with Gasteiger partial charge < -0.3 is 11.1 Å². The monoisotopic (exact) mass is 306 g/mol. The van der Waals surface area contributed by atoms with Crippen molar-refractivity contribution >= 4 is 28.2 Å². The Labute approximate surface area is 119 Å². The number of carbonyl (C=O) groups is 1. The molecule has 1 aromatic rings. The summed E-state index contributed by atoms with van der Waals surface area (Å²) in [4.78, 5) is 11.7. The van der Waals surface area contributed by atoms with Crippen molar-refractivity contribution in [3.63, 3.8) is 0 Å². The second kappa shape index (κ2) is 6.88. The summed E-state index contributed by atoms with van der Waals surface area (Å²) in [5.74, 6) is -0.241. The van der Waals surface area contributed by atoms with Gasteiger partial charge in [-0.25, -0.2) is 8.42 Å². The molecule has 0 saturated heterocycles. The SMILES string of the molecule is CC(NC(=O)[C@H](C)N)c1ccc(S(C)(=O)=O)cc1.Cl. The fraction of sp³-hybridized carbons (Fsp3) is 0.417. The standard InChI is InChI=1S/C12H18N2O3S.ClH/c1-8(13)12(15)14-9(2)10-4-6-11(7-5-10)18(3,16)17;/h4-9H,13H2,1-3H3,(H,14,15);1H/t8-,9?;/m0./s1. The fourth-order valence-electron chi connectivity index (χ4n) is 1.43. The van der Waals surface area contributed by atoms with Crippen LogP contribution in [0, 0.1) is 0 Å². The van der Waals surface area contributed by atoms with Gasteiger partial charge in [0.1, 0.15) is 0 Å². The third-order valence-corrected chi connectivity index (χ3v) is 3.71. The van der Waals surface area contributed by atoms with Crippen LogP contribution in [0.1, 0.15) is 25.5 Å². The molecular formula is C12H19ClN2O3S. The highest BCUT2D eigenvalue weighted by Gasteiger charge is 2.13. The molecule has 0 fully saturated rings. The minimum atomic E-state index is -3.19. The van der Waals surface area contributed by atoms with Gasteiger partial charge in [-0.1, -0.05) is 12.1 Å². The van der Waals surface area contributed by atoms with Crippen molar-refractivity contribution in [1.82, 2.24) is 5.32 Å². The van der Waals surface area contributed by atoms with Crippen molar-refractivity contribution in [2.45, 2.75) is 30.8 Å². The molecule has 1 aromatic carbocycles. The van der Waals surface area contributed by atoms with Gasteiger partial charge >= 0.3 is 0 Å². The van der Waals surface area contributed by atoms with Gasteiger partial charge in [-0.05, 0) is 31.5 Å². The maximum absolute atomic E-state index is 11.4. The Hall–Kier alpha value is -1.11. The van der Waals surface area contributed by atoms with E-state index in [1.165, 1.54) is 12.1 Å². The molecule has 1 unspecified atom stereocenters. The summed E-state index contributed by atoms with van der Waals surface area (Å²) in [6.07, 6.45) is 1.16. The van der Waals surface area contributed by atoms with E-state index in [1.54, 1.807) is 19.1 Å². The molecule has 0 radical (unpaired) electrons. The number of nitrogens with one attached hydrogen (secondary N) is 1. The second-order valence-corrected chi connectivity index (χ2v) is 6.38. The number of nitrogens with two attached hydrogens (primary N) is 1. The van der Waals surface area contributed by atoms with Gasteiger partial charge in [0, 0.05) is 6.26 Å². The molecule has 0 spiro atoms. The van der Waals surface area contributed by atoms with Gasteiger partial charge in [-0.2, -0.15) is 0 Å². The zero-order valence-electron chi connectivity index (χ0n) is 11.1.